The number of hydrogen-bond donors (Lipinski definition) is 1. The lowest BCUT2D eigenvalue weighted by molar-refractivity contribution is -0.140. The molecule has 1 unspecified atom stereocenters. The predicted molar refractivity (Wildman–Crippen MR) is 114 cm³/mol. The largest absolute Gasteiger partial charge is 0.416 e. The molecule has 0 aromatic heterocycles. The molecule has 1 heterocycles. The minimum absolute atomic E-state index is 0.000372. The first-order chi connectivity index (χ1) is 14.5. The third-order valence-electron chi connectivity index (χ3n) is 4.96. The molecule has 8 heteroatoms. The molecule has 0 saturated carbocycles. The molecule has 0 bridgehead atoms. The van der Waals surface area contributed by atoms with Crippen LogP contribution < -0.4 is 5.32 Å². The van der Waals surface area contributed by atoms with Crippen molar-refractivity contribution in [1.29, 1.82) is 0 Å². The monoisotopic (exact) mass is 454 g/mol. The molecule has 31 heavy (non-hydrogen) atoms. The van der Waals surface area contributed by atoms with Crippen LogP contribution in [0, 0.1) is 0 Å². The zero-order valence-corrected chi connectivity index (χ0v) is 18.4. The van der Waals surface area contributed by atoms with Gasteiger partial charge < -0.3 is 10.1 Å². The van der Waals surface area contributed by atoms with E-state index in [1.165, 1.54) is 12.1 Å². The van der Waals surface area contributed by atoms with Crippen LogP contribution in [0.15, 0.2) is 48.5 Å². The molecule has 2 aromatic rings. The number of benzene rings is 2. The molecule has 0 radical (unpaired) electrons. The average molecular weight is 455 g/mol. The quantitative estimate of drug-likeness (QED) is 0.581. The van der Waals surface area contributed by atoms with Gasteiger partial charge in [0.05, 0.1) is 5.56 Å². The van der Waals surface area contributed by atoms with E-state index >= 15 is 0 Å². The molecule has 1 aliphatic rings. The maximum atomic E-state index is 13.7. The first-order valence-corrected chi connectivity index (χ1v) is 10.5. The van der Waals surface area contributed by atoms with Gasteiger partial charge >= 0.3 is 12.2 Å². The number of likely N-dealkylation sites (tertiary alicyclic amines) is 1. The van der Waals surface area contributed by atoms with Crippen LogP contribution in [0.25, 0.3) is 0 Å². The van der Waals surface area contributed by atoms with Crippen LogP contribution in [0.2, 0.25) is 5.02 Å². The molecule has 1 fully saturated rings. The van der Waals surface area contributed by atoms with Crippen molar-refractivity contribution in [3.05, 3.63) is 70.2 Å². The summed E-state index contributed by atoms with van der Waals surface area (Å²) in [5, 5.41) is 3.37. The molecule has 4 nitrogen and oxygen atoms in total. The predicted octanol–water partition coefficient (Wildman–Crippen LogP) is 6.39. The van der Waals surface area contributed by atoms with Crippen LogP contribution >= 0.6 is 11.6 Å². The number of amides is 2. The number of ether oxygens (including phenoxy) is 1. The summed E-state index contributed by atoms with van der Waals surface area (Å²) in [6.07, 6.45) is -4.96. The number of carbonyl (C=O) groups is 1. The van der Waals surface area contributed by atoms with Gasteiger partial charge in [-0.1, -0.05) is 41.9 Å². The Kier molecular flexibility index (Phi) is 6.86. The summed E-state index contributed by atoms with van der Waals surface area (Å²) in [5.74, 6) is 0. The number of alkyl halides is 3. The minimum atomic E-state index is -4.54. The van der Waals surface area contributed by atoms with Crippen molar-refractivity contribution >= 4 is 17.6 Å². The number of halogens is 4. The van der Waals surface area contributed by atoms with E-state index in [1.54, 1.807) is 35.2 Å². The van der Waals surface area contributed by atoms with Gasteiger partial charge in [0.1, 0.15) is 12.3 Å². The number of urea groups is 1. The van der Waals surface area contributed by atoms with Crippen molar-refractivity contribution in [2.45, 2.75) is 57.7 Å². The van der Waals surface area contributed by atoms with E-state index in [1.807, 2.05) is 20.8 Å². The van der Waals surface area contributed by atoms with Gasteiger partial charge in [0.25, 0.3) is 0 Å². The minimum Gasteiger partial charge on any atom is -0.346 e. The molecule has 0 aliphatic carbocycles. The van der Waals surface area contributed by atoms with E-state index in [4.69, 9.17) is 16.3 Å². The molecule has 2 atom stereocenters. The standard InChI is InChI=1S/C23H26ClF3N2O2/c1-22(2,3)28-21(30)29-14-6-9-19(29)31-20(15-10-12-16(24)13-11-15)17-7-4-5-8-18(17)23(25,26)27/h4-5,7-8,10-13,19-20H,6,9,14H2,1-3H3,(H,28,30)/t19?,20-/m1/s1. The second-order valence-electron chi connectivity index (χ2n) is 8.62. The van der Waals surface area contributed by atoms with E-state index in [2.05, 4.69) is 5.32 Å². The van der Waals surface area contributed by atoms with E-state index in [-0.39, 0.29) is 11.6 Å². The maximum absolute atomic E-state index is 13.7. The smallest absolute Gasteiger partial charge is 0.346 e. The van der Waals surface area contributed by atoms with Crippen LogP contribution in [0.5, 0.6) is 0 Å². The third-order valence-corrected chi connectivity index (χ3v) is 5.21. The number of hydrogen-bond acceptors (Lipinski definition) is 2. The highest BCUT2D eigenvalue weighted by molar-refractivity contribution is 6.30. The Morgan fingerprint density at radius 2 is 1.77 bits per heavy atom. The summed E-state index contributed by atoms with van der Waals surface area (Å²) in [4.78, 5) is 14.3. The highest BCUT2D eigenvalue weighted by atomic mass is 35.5. The van der Waals surface area contributed by atoms with Crippen LogP contribution in [-0.4, -0.2) is 29.2 Å². The second kappa shape index (κ2) is 9.09. The lowest BCUT2D eigenvalue weighted by atomic mass is 9.96. The average Bonchev–Trinajstić information content (AvgIpc) is 3.13. The second-order valence-corrected chi connectivity index (χ2v) is 9.06. The van der Waals surface area contributed by atoms with Gasteiger partial charge in [-0.25, -0.2) is 4.79 Å². The zero-order valence-electron chi connectivity index (χ0n) is 17.7. The van der Waals surface area contributed by atoms with E-state index < -0.39 is 29.6 Å². The summed E-state index contributed by atoms with van der Waals surface area (Å²) in [6.45, 7) is 6.08. The normalized spacial score (nSPS) is 18.2. The van der Waals surface area contributed by atoms with Gasteiger partial charge in [-0.3, -0.25) is 4.90 Å². The maximum Gasteiger partial charge on any atom is 0.416 e. The summed E-state index contributed by atoms with van der Waals surface area (Å²) in [6, 6.07) is 11.6. The van der Waals surface area contributed by atoms with Crippen LogP contribution in [-0.2, 0) is 10.9 Å². The third kappa shape index (κ3) is 5.92. The number of nitrogens with zero attached hydrogens (tertiary/aromatic N) is 1. The van der Waals surface area contributed by atoms with Crippen molar-refractivity contribution in [3.63, 3.8) is 0 Å². The fourth-order valence-electron chi connectivity index (χ4n) is 3.61. The van der Waals surface area contributed by atoms with Gasteiger partial charge in [-0.05, 0) is 62.9 Å². The van der Waals surface area contributed by atoms with Crippen LogP contribution in [0.1, 0.15) is 56.4 Å². The summed E-state index contributed by atoms with van der Waals surface area (Å²) in [7, 11) is 0. The molecule has 1 saturated heterocycles. The molecule has 1 aliphatic heterocycles. The number of carbonyl (C=O) groups excluding carboxylic acids is 1. The molecule has 0 spiro atoms. The highest BCUT2D eigenvalue weighted by Gasteiger charge is 2.38. The Hall–Kier alpha value is -2.25. The van der Waals surface area contributed by atoms with E-state index in [0.717, 1.165) is 6.07 Å². The Morgan fingerprint density at radius 1 is 1.13 bits per heavy atom. The molecular formula is C23H26ClF3N2O2. The molecule has 168 valence electrons. The van der Waals surface area contributed by atoms with Crippen molar-refractivity contribution in [2.24, 2.45) is 0 Å². The molecular weight excluding hydrogens is 429 g/mol. The van der Waals surface area contributed by atoms with Crippen molar-refractivity contribution < 1.29 is 22.7 Å². The Bertz CT molecular complexity index is 910. The zero-order chi connectivity index (χ0) is 22.8. The Labute approximate surface area is 185 Å². The fraction of sp³-hybridized carbons (Fsp3) is 0.435. The first kappa shape index (κ1) is 23.4. The van der Waals surface area contributed by atoms with Crippen LogP contribution in [0.4, 0.5) is 18.0 Å². The van der Waals surface area contributed by atoms with E-state index in [9.17, 15) is 18.0 Å². The molecule has 2 aromatic carbocycles. The van der Waals surface area contributed by atoms with Gasteiger partial charge in [-0.2, -0.15) is 13.2 Å². The van der Waals surface area contributed by atoms with E-state index in [0.29, 0.717) is 30.0 Å². The summed E-state index contributed by atoms with van der Waals surface area (Å²) < 4.78 is 47.5. The Balaban J connectivity index is 1.97. The van der Waals surface area contributed by atoms with Crippen molar-refractivity contribution in [2.75, 3.05) is 6.54 Å². The lowest BCUT2D eigenvalue weighted by Crippen LogP contribution is -2.50. The van der Waals surface area contributed by atoms with Gasteiger partial charge in [0.15, 0.2) is 0 Å². The summed E-state index contributed by atoms with van der Waals surface area (Å²) >= 11 is 5.98. The Morgan fingerprint density at radius 3 is 2.39 bits per heavy atom. The van der Waals surface area contributed by atoms with Crippen molar-refractivity contribution in [3.8, 4) is 0 Å². The first-order valence-electron chi connectivity index (χ1n) is 10.1. The molecule has 2 amide bonds. The van der Waals surface area contributed by atoms with Gasteiger partial charge in [0, 0.05) is 17.1 Å². The number of rotatable bonds is 4. The molecule has 3 rings (SSSR count). The summed E-state index contributed by atoms with van der Waals surface area (Å²) in [5.41, 5.74) is -0.675. The highest BCUT2D eigenvalue weighted by Crippen LogP contribution is 2.40. The topological polar surface area (TPSA) is 41.6 Å². The molecule has 1 N–H and O–H groups in total. The van der Waals surface area contributed by atoms with Gasteiger partial charge in [0.2, 0.25) is 0 Å². The number of nitrogens with one attached hydrogen (secondary N) is 1. The van der Waals surface area contributed by atoms with Crippen molar-refractivity contribution in [1.82, 2.24) is 10.2 Å². The SMILES string of the molecule is CC(C)(C)NC(=O)N1CCCC1O[C@H](c1ccc(Cl)cc1)c1ccccc1C(F)(F)F. The lowest BCUT2D eigenvalue weighted by Gasteiger charge is -2.32. The fourth-order valence-corrected chi connectivity index (χ4v) is 3.74. The van der Waals surface area contributed by atoms with Gasteiger partial charge in [-0.15, -0.1) is 0 Å². The van der Waals surface area contributed by atoms with Crippen LogP contribution in [0.3, 0.4) is 0 Å².